The maximum Gasteiger partial charge on any atom is 0.267 e. The molecular weight excluding hydrogens is 358 g/mol. The first kappa shape index (κ1) is 16.8. The Morgan fingerprint density at radius 3 is 2.50 bits per heavy atom. The van der Waals surface area contributed by atoms with E-state index in [1.807, 2.05) is 47.4 Å². The average Bonchev–Trinajstić information content (AvgIpc) is 3.43. The fourth-order valence-electron chi connectivity index (χ4n) is 3.97. The molecule has 28 heavy (non-hydrogen) atoms. The van der Waals surface area contributed by atoms with E-state index in [-0.39, 0.29) is 24.3 Å². The van der Waals surface area contributed by atoms with Gasteiger partial charge >= 0.3 is 0 Å². The Morgan fingerprint density at radius 2 is 1.71 bits per heavy atom. The molecule has 3 aromatic rings. The highest BCUT2D eigenvalue weighted by Gasteiger charge is 2.42. The van der Waals surface area contributed by atoms with Gasteiger partial charge in [0.1, 0.15) is 6.61 Å². The molecule has 0 spiro atoms. The number of hydrogen-bond donors (Lipinski definition) is 0. The van der Waals surface area contributed by atoms with E-state index in [2.05, 4.69) is 22.3 Å². The van der Waals surface area contributed by atoms with Crippen LogP contribution in [0.5, 0.6) is 11.5 Å². The fourth-order valence-corrected chi connectivity index (χ4v) is 3.97. The molecule has 2 aromatic carbocycles. The molecule has 3 heterocycles. The molecule has 142 valence electrons. The second-order valence-electron chi connectivity index (χ2n) is 7.02. The Morgan fingerprint density at radius 1 is 0.964 bits per heavy atom. The van der Waals surface area contributed by atoms with E-state index >= 15 is 0 Å². The number of rotatable bonds is 3. The number of aromatic nitrogens is 2. The van der Waals surface area contributed by atoms with Gasteiger partial charge in [0.2, 0.25) is 12.5 Å². The molecule has 7 nitrogen and oxygen atoms in total. The summed E-state index contributed by atoms with van der Waals surface area (Å²) >= 11 is 0. The van der Waals surface area contributed by atoms with Gasteiger partial charge in [0, 0.05) is 24.9 Å². The molecular formula is C21H19N3O4. The van der Waals surface area contributed by atoms with Crippen molar-refractivity contribution < 1.29 is 18.8 Å². The van der Waals surface area contributed by atoms with Crippen LogP contribution in [0.2, 0.25) is 0 Å². The number of amides is 1. The molecule has 1 amide bonds. The first-order valence-electron chi connectivity index (χ1n) is 9.28. The van der Waals surface area contributed by atoms with E-state index in [0.29, 0.717) is 30.4 Å². The van der Waals surface area contributed by atoms with Gasteiger partial charge in [-0.05, 0) is 17.7 Å². The van der Waals surface area contributed by atoms with Crippen LogP contribution in [0.3, 0.4) is 0 Å². The average molecular weight is 377 g/mol. The number of ether oxygens (including phenoxy) is 2. The number of likely N-dealkylation sites (tertiary alicyclic amines) is 1. The van der Waals surface area contributed by atoms with Crippen molar-refractivity contribution in [2.45, 2.75) is 17.9 Å². The fraction of sp³-hybridized carbons (Fsp3) is 0.286. The van der Waals surface area contributed by atoms with E-state index in [4.69, 9.17) is 14.0 Å². The van der Waals surface area contributed by atoms with E-state index in [9.17, 15) is 4.79 Å². The Balaban J connectivity index is 1.38. The van der Waals surface area contributed by atoms with E-state index in [1.54, 1.807) is 0 Å². The standard InChI is InChI=1S/C21H19N3O4/c25-21(19-12-26-17-8-4-5-9-18(17)28-19)24-10-15(14-6-2-1-3-7-14)16(11-24)20-22-13-27-23-20/h1-9,13,15-16,19H,10-12H2/t15-,16+,19-/m0/s1. The minimum atomic E-state index is -0.657. The van der Waals surface area contributed by atoms with Crippen molar-refractivity contribution in [3.63, 3.8) is 0 Å². The summed E-state index contributed by atoms with van der Waals surface area (Å²) in [5.41, 5.74) is 1.15. The zero-order valence-corrected chi connectivity index (χ0v) is 15.1. The van der Waals surface area contributed by atoms with Crippen LogP contribution in [0.15, 0.2) is 65.5 Å². The second-order valence-corrected chi connectivity index (χ2v) is 7.02. The van der Waals surface area contributed by atoms with Gasteiger partial charge in [-0.3, -0.25) is 4.79 Å². The molecule has 0 unspecified atom stereocenters. The molecule has 1 aromatic heterocycles. The van der Waals surface area contributed by atoms with Crippen LogP contribution in [0, 0.1) is 0 Å². The summed E-state index contributed by atoms with van der Waals surface area (Å²) in [5.74, 6) is 1.87. The third-order valence-corrected chi connectivity index (χ3v) is 5.35. The summed E-state index contributed by atoms with van der Waals surface area (Å²) in [4.78, 5) is 19.2. The lowest BCUT2D eigenvalue weighted by atomic mass is 9.88. The third kappa shape index (κ3) is 2.98. The number of benzene rings is 2. The molecule has 2 aliphatic heterocycles. The van der Waals surface area contributed by atoms with Gasteiger partial charge in [-0.25, -0.2) is 0 Å². The third-order valence-electron chi connectivity index (χ3n) is 5.35. The van der Waals surface area contributed by atoms with Gasteiger partial charge < -0.3 is 18.9 Å². The number of carbonyl (C=O) groups excluding carboxylic acids is 1. The van der Waals surface area contributed by atoms with Crippen molar-refractivity contribution in [3.8, 4) is 11.5 Å². The monoisotopic (exact) mass is 377 g/mol. The van der Waals surface area contributed by atoms with Crippen molar-refractivity contribution in [3.05, 3.63) is 72.4 Å². The Bertz CT molecular complexity index is 961. The molecule has 3 atom stereocenters. The Kier molecular flexibility index (Phi) is 4.20. The van der Waals surface area contributed by atoms with Crippen LogP contribution in [0.4, 0.5) is 0 Å². The molecule has 0 saturated carbocycles. The molecule has 0 bridgehead atoms. The molecule has 0 N–H and O–H groups in total. The lowest BCUT2D eigenvalue weighted by Crippen LogP contribution is -2.45. The molecule has 1 fully saturated rings. The first-order valence-corrected chi connectivity index (χ1v) is 9.28. The minimum Gasteiger partial charge on any atom is -0.485 e. The predicted octanol–water partition coefficient (Wildman–Crippen LogP) is 2.62. The number of fused-ring (bicyclic) bond motifs is 1. The quantitative estimate of drug-likeness (QED) is 0.698. The van der Waals surface area contributed by atoms with Gasteiger partial charge in [-0.1, -0.05) is 47.6 Å². The van der Waals surface area contributed by atoms with Crippen LogP contribution in [0.25, 0.3) is 0 Å². The molecule has 1 saturated heterocycles. The van der Waals surface area contributed by atoms with E-state index in [0.717, 1.165) is 5.56 Å². The highest BCUT2D eigenvalue weighted by molar-refractivity contribution is 5.82. The van der Waals surface area contributed by atoms with Crippen LogP contribution < -0.4 is 9.47 Å². The van der Waals surface area contributed by atoms with Crippen molar-refractivity contribution in [2.75, 3.05) is 19.7 Å². The lowest BCUT2D eigenvalue weighted by Gasteiger charge is -2.28. The van der Waals surface area contributed by atoms with Gasteiger partial charge in [-0.15, -0.1) is 0 Å². The second kappa shape index (κ2) is 6.99. The normalized spacial score (nSPS) is 23.6. The smallest absolute Gasteiger partial charge is 0.267 e. The Labute approximate surface area is 161 Å². The number of carbonyl (C=O) groups is 1. The maximum absolute atomic E-state index is 13.2. The zero-order chi connectivity index (χ0) is 18.9. The summed E-state index contributed by atoms with van der Waals surface area (Å²) in [6, 6.07) is 17.5. The van der Waals surface area contributed by atoms with Crippen LogP contribution in [-0.4, -0.2) is 46.7 Å². The summed E-state index contributed by atoms with van der Waals surface area (Å²) in [6.45, 7) is 1.29. The summed E-state index contributed by atoms with van der Waals surface area (Å²) in [7, 11) is 0. The van der Waals surface area contributed by atoms with Crippen LogP contribution in [-0.2, 0) is 4.79 Å². The molecule has 7 heteroatoms. The lowest BCUT2D eigenvalue weighted by molar-refractivity contribution is -0.140. The van der Waals surface area contributed by atoms with Crippen molar-refractivity contribution >= 4 is 5.91 Å². The largest absolute Gasteiger partial charge is 0.485 e. The van der Waals surface area contributed by atoms with Crippen molar-refractivity contribution in [1.29, 1.82) is 0 Å². The SMILES string of the molecule is O=C([C@@H]1COc2ccccc2O1)N1C[C@@H](c2ccccc2)[C@H](c2ncon2)C1. The minimum absolute atomic E-state index is 0.0260. The zero-order valence-electron chi connectivity index (χ0n) is 15.1. The van der Waals surface area contributed by atoms with E-state index < -0.39 is 6.10 Å². The topological polar surface area (TPSA) is 77.7 Å². The predicted molar refractivity (Wildman–Crippen MR) is 99.2 cm³/mol. The summed E-state index contributed by atoms with van der Waals surface area (Å²) in [6.07, 6.45) is 0.673. The van der Waals surface area contributed by atoms with Crippen LogP contribution >= 0.6 is 0 Å². The van der Waals surface area contributed by atoms with Gasteiger partial charge in [0.25, 0.3) is 5.91 Å². The highest BCUT2D eigenvalue weighted by Crippen LogP contribution is 2.39. The van der Waals surface area contributed by atoms with Gasteiger partial charge in [-0.2, -0.15) is 4.98 Å². The van der Waals surface area contributed by atoms with Gasteiger partial charge in [0.05, 0.1) is 0 Å². The summed E-state index contributed by atoms with van der Waals surface area (Å²) < 4.78 is 16.6. The maximum atomic E-state index is 13.2. The Hall–Kier alpha value is -3.35. The highest BCUT2D eigenvalue weighted by atomic mass is 16.6. The first-order chi connectivity index (χ1) is 13.8. The summed E-state index contributed by atoms with van der Waals surface area (Å²) in [5, 5.41) is 4.03. The molecule has 0 aliphatic carbocycles. The van der Waals surface area contributed by atoms with Crippen molar-refractivity contribution in [2.24, 2.45) is 0 Å². The van der Waals surface area contributed by atoms with Crippen molar-refractivity contribution in [1.82, 2.24) is 15.0 Å². The van der Waals surface area contributed by atoms with Gasteiger partial charge in [0.15, 0.2) is 17.3 Å². The molecule has 0 radical (unpaired) electrons. The molecule has 2 aliphatic rings. The van der Waals surface area contributed by atoms with E-state index in [1.165, 1.54) is 6.39 Å². The van der Waals surface area contributed by atoms with Crippen LogP contribution in [0.1, 0.15) is 23.2 Å². The number of nitrogens with zero attached hydrogens (tertiary/aromatic N) is 3. The number of para-hydroxylation sites is 2. The molecule has 5 rings (SSSR count). The number of hydrogen-bond acceptors (Lipinski definition) is 6.